The van der Waals surface area contributed by atoms with Crippen LogP contribution in [-0.4, -0.2) is 40.6 Å². The SMILES string of the molecule is OCc1ccccc1N1CC(O)C(O)C1. The van der Waals surface area contributed by atoms with Gasteiger partial charge in [0.15, 0.2) is 0 Å². The molecule has 15 heavy (non-hydrogen) atoms. The summed E-state index contributed by atoms with van der Waals surface area (Å²) >= 11 is 0. The van der Waals surface area contributed by atoms with E-state index >= 15 is 0 Å². The van der Waals surface area contributed by atoms with Gasteiger partial charge >= 0.3 is 0 Å². The molecule has 1 aromatic rings. The topological polar surface area (TPSA) is 63.9 Å². The molecule has 0 bridgehead atoms. The van der Waals surface area contributed by atoms with Gasteiger partial charge in [0.25, 0.3) is 0 Å². The summed E-state index contributed by atoms with van der Waals surface area (Å²) in [6.45, 7) is 0.801. The molecule has 1 aliphatic rings. The lowest BCUT2D eigenvalue weighted by Gasteiger charge is -2.20. The third kappa shape index (κ3) is 1.97. The second-order valence-electron chi connectivity index (χ2n) is 3.83. The van der Waals surface area contributed by atoms with Crippen molar-refractivity contribution in [1.29, 1.82) is 0 Å². The molecule has 1 heterocycles. The van der Waals surface area contributed by atoms with Crippen LogP contribution >= 0.6 is 0 Å². The maximum Gasteiger partial charge on any atom is 0.0990 e. The van der Waals surface area contributed by atoms with E-state index in [0.29, 0.717) is 13.1 Å². The molecule has 82 valence electrons. The number of rotatable bonds is 2. The van der Waals surface area contributed by atoms with Gasteiger partial charge in [-0.2, -0.15) is 0 Å². The normalized spacial score (nSPS) is 25.9. The first-order valence-electron chi connectivity index (χ1n) is 5.02. The van der Waals surface area contributed by atoms with Gasteiger partial charge in [-0.3, -0.25) is 0 Å². The Morgan fingerprint density at radius 1 is 1.13 bits per heavy atom. The average Bonchev–Trinajstić information content (AvgIpc) is 2.59. The lowest BCUT2D eigenvalue weighted by atomic mass is 10.2. The van der Waals surface area contributed by atoms with Crippen LogP contribution in [0.5, 0.6) is 0 Å². The highest BCUT2D eigenvalue weighted by Crippen LogP contribution is 2.24. The van der Waals surface area contributed by atoms with Crippen molar-refractivity contribution in [2.75, 3.05) is 18.0 Å². The van der Waals surface area contributed by atoms with Gasteiger partial charge in [-0.1, -0.05) is 18.2 Å². The quantitative estimate of drug-likeness (QED) is 0.627. The predicted molar refractivity (Wildman–Crippen MR) is 56.6 cm³/mol. The van der Waals surface area contributed by atoms with Crippen LogP contribution in [0.2, 0.25) is 0 Å². The standard InChI is InChI=1S/C11H15NO3/c13-7-8-3-1-2-4-9(8)12-5-10(14)11(15)6-12/h1-4,10-11,13-15H,5-7H2. The van der Waals surface area contributed by atoms with Gasteiger partial charge in [0, 0.05) is 24.3 Å². The summed E-state index contributed by atoms with van der Waals surface area (Å²) in [6.07, 6.45) is -1.39. The van der Waals surface area contributed by atoms with Gasteiger partial charge in [-0.25, -0.2) is 0 Å². The number of aliphatic hydroxyl groups excluding tert-OH is 3. The highest BCUT2D eigenvalue weighted by Gasteiger charge is 2.30. The highest BCUT2D eigenvalue weighted by molar-refractivity contribution is 5.54. The average molecular weight is 209 g/mol. The van der Waals surface area contributed by atoms with E-state index in [1.54, 1.807) is 0 Å². The van der Waals surface area contributed by atoms with Crippen molar-refractivity contribution in [3.63, 3.8) is 0 Å². The van der Waals surface area contributed by atoms with E-state index in [2.05, 4.69) is 0 Å². The van der Waals surface area contributed by atoms with E-state index in [1.165, 1.54) is 0 Å². The Bertz CT molecular complexity index is 332. The maximum atomic E-state index is 9.44. The fraction of sp³-hybridized carbons (Fsp3) is 0.455. The number of para-hydroxylation sites is 1. The van der Waals surface area contributed by atoms with Crippen LogP contribution in [0.25, 0.3) is 0 Å². The lowest BCUT2D eigenvalue weighted by molar-refractivity contribution is 0.0572. The van der Waals surface area contributed by atoms with E-state index in [-0.39, 0.29) is 6.61 Å². The van der Waals surface area contributed by atoms with E-state index in [0.717, 1.165) is 11.3 Å². The number of hydrogen-bond acceptors (Lipinski definition) is 4. The predicted octanol–water partition coefficient (Wildman–Crippen LogP) is -0.279. The molecule has 2 atom stereocenters. The van der Waals surface area contributed by atoms with Gasteiger partial charge in [0.05, 0.1) is 18.8 Å². The molecule has 3 N–H and O–H groups in total. The number of anilines is 1. The third-order valence-electron chi connectivity index (χ3n) is 2.76. The van der Waals surface area contributed by atoms with E-state index in [4.69, 9.17) is 5.11 Å². The summed E-state index contributed by atoms with van der Waals surface area (Å²) in [5.41, 5.74) is 1.70. The Labute approximate surface area is 88.4 Å². The molecule has 0 aliphatic carbocycles. The lowest BCUT2D eigenvalue weighted by Crippen LogP contribution is -2.22. The van der Waals surface area contributed by atoms with Gasteiger partial charge in [0.1, 0.15) is 0 Å². The molecule has 0 aromatic heterocycles. The molecular formula is C11H15NO3. The molecule has 1 fully saturated rings. The summed E-state index contributed by atoms with van der Waals surface area (Å²) in [4.78, 5) is 1.89. The number of β-amino-alcohol motifs (C(OH)–C–C–N with tert-alkyl or cyclic N) is 2. The van der Waals surface area contributed by atoms with Crippen molar-refractivity contribution in [3.05, 3.63) is 29.8 Å². The minimum absolute atomic E-state index is 0.0289. The van der Waals surface area contributed by atoms with Crippen LogP contribution in [0, 0.1) is 0 Å². The molecule has 0 radical (unpaired) electrons. The van der Waals surface area contributed by atoms with Crippen molar-refractivity contribution in [2.45, 2.75) is 18.8 Å². The zero-order chi connectivity index (χ0) is 10.8. The molecule has 1 aliphatic heterocycles. The fourth-order valence-corrected chi connectivity index (χ4v) is 1.92. The molecule has 1 saturated heterocycles. The first-order valence-corrected chi connectivity index (χ1v) is 5.02. The third-order valence-corrected chi connectivity index (χ3v) is 2.76. The highest BCUT2D eigenvalue weighted by atomic mass is 16.3. The van der Waals surface area contributed by atoms with Crippen LogP contribution in [0.15, 0.2) is 24.3 Å². The Morgan fingerprint density at radius 2 is 1.73 bits per heavy atom. The summed E-state index contributed by atoms with van der Waals surface area (Å²) in [7, 11) is 0. The molecular weight excluding hydrogens is 194 g/mol. The Morgan fingerprint density at radius 3 is 2.33 bits per heavy atom. The Kier molecular flexibility index (Phi) is 2.90. The monoisotopic (exact) mass is 209 g/mol. The zero-order valence-electron chi connectivity index (χ0n) is 8.37. The van der Waals surface area contributed by atoms with Crippen molar-refractivity contribution in [1.82, 2.24) is 0 Å². The summed E-state index contributed by atoms with van der Waals surface area (Å²) in [5.74, 6) is 0. The molecule has 2 rings (SSSR count). The number of aliphatic hydroxyl groups is 3. The molecule has 0 saturated carbocycles. The Balaban J connectivity index is 2.23. The minimum Gasteiger partial charge on any atom is -0.392 e. The van der Waals surface area contributed by atoms with Crippen LogP contribution < -0.4 is 4.90 Å². The van der Waals surface area contributed by atoms with Crippen molar-refractivity contribution in [3.8, 4) is 0 Å². The summed E-state index contributed by atoms with van der Waals surface area (Å²) in [6, 6.07) is 7.46. The second kappa shape index (κ2) is 4.18. The van der Waals surface area contributed by atoms with Crippen LogP contribution in [-0.2, 0) is 6.61 Å². The van der Waals surface area contributed by atoms with Crippen LogP contribution in [0.1, 0.15) is 5.56 Å². The molecule has 2 unspecified atom stereocenters. The minimum atomic E-state index is -0.697. The molecule has 4 heteroatoms. The summed E-state index contributed by atoms with van der Waals surface area (Å²) < 4.78 is 0. The fourth-order valence-electron chi connectivity index (χ4n) is 1.92. The van der Waals surface area contributed by atoms with E-state index in [1.807, 2.05) is 29.2 Å². The summed E-state index contributed by atoms with van der Waals surface area (Å²) in [5, 5.41) is 28.0. The molecule has 0 spiro atoms. The largest absolute Gasteiger partial charge is 0.392 e. The maximum absolute atomic E-state index is 9.44. The number of benzene rings is 1. The van der Waals surface area contributed by atoms with Gasteiger partial charge < -0.3 is 20.2 Å². The second-order valence-corrected chi connectivity index (χ2v) is 3.83. The number of nitrogens with zero attached hydrogens (tertiary/aromatic N) is 1. The smallest absolute Gasteiger partial charge is 0.0990 e. The molecule has 4 nitrogen and oxygen atoms in total. The molecule has 0 amide bonds. The van der Waals surface area contributed by atoms with Crippen LogP contribution in [0.3, 0.4) is 0 Å². The first kappa shape index (κ1) is 10.4. The molecule has 1 aromatic carbocycles. The Hall–Kier alpha value is -1.10. The first-order chi connectivity index (χ1) is 7.22. The van der Waals surface area contributed by atoms with Crippen molar-refractivity contribution >= 4 is 5.69 Å². The van der Waals surface area contributed by atoms with Gasteiger partial charge in [0.2, 0.25) is 0 Å². The number of hydrogen-bond donors (Lipinski definition) is 3. The van der Waals surface area contributed by atoms with Crippen molar-refractivity contribution < 1.29 is 15.3 Å². The van der Waals surface area contributed by atoms with E-state index < -0.39 is 12.2 Å². The van der Waals surface area contributed by atoms with E-state index in [9.17, 15) is 10.2 Å². The van der Waals surface area contributed by atoms with Crippen molar-refractivity contribution in [2.24, 2.45) is 0 Å². The zero-order valence-corrected chi connectivity index (χ0v) is 8.37. The van der Waals surface area contributed by atoms with Crippen LogP contribution in [0.4, 0.5) is 5.69 Å². The van der Waals surface area contributed by atoms with Gasteiger partial charge in [-0.05, 0) is 6.07 Å². The van der Waals surface area contributed by atoms with Gasteiger partial charge in [-0.15, -0.1) is 0 Å².